The maximum Gasteiger partial charge on any atom is 0.220 e. The van der Waals surface area contributed by atoms with Crippen LogP contribution in [0, 0.1) is 11.8 Å². The summed E-state index contributed by atoms with van der Waals surface area (Å²) in [6.45, 7) is 7.79. The van der Waals surface area contributed by atoms with Crippen LogP contribution in [0.3, 0.4) is 0 Å². The van der Waals surface area contributed by atoms with Crippen LogP contribution in [0.5, 0.6) is 0 Å². The van der Waals surface area contributed by atoms with Crippen LogP contribution >= 0.6 is 24.8 Å². The van der Waals surface area contributed by atoms with Crippen molar-refractivity contribution in [2.45, 2.75) is 51.5 Å². The summed E-state index contributed by atoms with van der Waals surface area (Å²) < 4.78 is 0. The van der Waals surface area contributed by atoms with Crippen molar-refractivity contribution < 1.29 is 4.79 Å². The zero-order chi connectivity index (χ0) is 18.2. The van der Waals surface area contributed by atoms with E-state index in [4.69, 9.17) is 0 Å². The van der Waals surface area contributed by atoms with Gasteiger partial charge in [-0.05, 0) is 62.6 Å². The first kappa shape index (κ1) is 25.2. The average molecular weight is 430 g/mol. The number of rotatable bonds is 7. The van der Waals surface area contributed by atoms with Gasteiger partial charge in [-0.2, -0.15) is 0 Å². The minimum absolute atomic E-state index is 0. The van der Waals surface area contributed by atoms with E-state index in [1.54, 1.807) is 0 Å². The van der Waals surface area contributed by atoms with E-state index in [0.717, 1.165) is 52.0 Å². The standard InChI is InChI=1S/C22H35N3O.2ClH/c1-18(20-7-12-23-13-8-20)17-22(26)24-21-10-15-25(16-11-21)14-9-19-5-3-2-4-6-19;;/h2-6,18,20-21,23H,7-17H2,1H3,(H,24,26);2*1H. The molecule has 1 atom stereocenters. The molecule has 2 aliphatic rings. The van der Waals surface area contributed by atoms with Crippen LogP contribution in [0.15, 0.2) is 30.3 Å². The number of hydrogen-bond donors (Lipinski definition) is 2. The van der Waals surface area contributed by atoms with Crippen LogP contribution in [0.4, 0.5) is 0 Å². The Balaban J connectivity index is 0.00000196. The highest BCUT2D eigenvalue weighted by molar-refractivity contribution is 5.85. The lowest BCUT2D eigenvalue weighted by atomic mass is 9.84. The Hall–Kier alpha value is -0.810. The smallest absolute Gasteiger partial charge is 0.220 e. The summed E-state index contributed by atoms with van der Waals surface area (Å²) in [7, 11) is 0. The number of likely N-dealkylation sites (tertiary alicyclic amines) is 1. The molecule has 2 saturated heterocycles. The molecule has 1 aromatic rings. The Morgan fingerprint density at radius 3 is 2.39 bits per heavy atom. The maximum atomic E-state index is 12.4. The number of carbonyl (C=O) groups is 1. The molecule has 3 rings (SSSR count). The van der Waals surface area contributed by atoms with Crippen molar-refractivity contribution in [1.82, 2.24) is 15.5 Å². The van der Waals surface area contributed by atoms with Gasteiger partial charge >= 0.3 is 0 Å². The van der Waals surface area contributed by atoms with Crippen molar-refractivity contribution in [1.29, 1.82) is 0 Å². The zero-order valence-electron chi connectivity index (χ0n) is 17.1. The molecule has 0 bridgehead atoms. The third-order valence-corrected chi connectivity index (χ3v) is 6.21. The van der Waals surface area contributed by atoms with E-state index < -0.39 is 0 Å². The second-order valence-electron chi connectivity index (χ2n) is 8.19. The third kappa shape index (κ3) is 8.28. The van der Waals surface area contributed by atoms with Gasteiger partial charge in [0.2, 0.25) is 5.91 Å². The van der Waals surface area contributed by atoms with E-state index >= 15 is 0 Å². The Bertz CT molecular complexity index is 544. The first-order valence-electron chi connectivity index (χ1n) is 10.5. The first-order chi connectivity index (χ1) is 12.7. The van der Waals surface area contributed by atoms with E-state index in [1.165, 1.54) is 18.4 Å². The number of halogens is 2. The highest BCUT2D eigenvalue weighted by Crippen LogP contribution is 2.24. The summed E-state index contributed by atoms with van der Waals surface area (Å²) in [6, 6.07) is 11.1. The van der Waals surface area contributed by atoms with Gasteiger partial charge in [-0.25, -0.2) is 0 Å². The van der Waals surface area contributed by atoms with Gasteiger partial charge < -0.3 is 15.5 Å². The van der Waals surface area contributed by atoms with Crippen LogP contribution in [0.2, 0.25) is 0 Å². The molecule has 4 nitrogen and oxygen atoms in total. The Kier molecular flexibility index (Phi) is 12.1. The quantitative estimate of drug-likeness (QED) is 0.694. The molecular formula is C22H37Cl2N3O. The van der Waals surface area contributed by atoms with E-state index in [0.29, 0.717) is 24.3 Å². The summed E-state index contributed by atoms with van der Waals surface area (Å²) in [4.78, 5) is 15.0. The van der Waals surface area contributed by atoms with E-state index in [2.05, 4.69) is 52.8 Å². The fraction of sp³-hybridized carbons (Fsp3) is 0.682. The molecule has 0 spiro atoms. The largest absolute Gasteiger partial charge is 0.353 e. The number of nitrogens with zero attached hydrogens (tertiary/aromatic N) is 1. The lowest BCUT2D eigenvalue weighted by Crippen LogP contribution is -2.45. The molecule has 1 unspecified atom stereocenters. The van der Waals surface area contributed by atoms with Crippen molar-refractivity contribution in [2.24, 2.45) is 11.8 Å². The Morgan fingerprint density at radius 1 is 1.11 bits per heavy atom. The lowest BCUT2D eigenvalue weighted by Gasteiger charge is -2.33. The molecule has 2 N–H and O–H groups in total. The number of hydrogen-bond acceptors (Lipinski definition) is 3. The molecule has 2 heterocycles. The number of amides is 1. The van der Waals surface area contributed by atoms with Gasteiger partial charge in [0.15, 0.2) is 0 Å². The first-order valence-corrected chi connectivity index (χ1v) is 10.5. The normalized spacial score (nSPS) is 19.9. The molecule has 2 aliphatic heterocycles. The molecule has 1 amide bonds. The van der Waals surface area contributed by atoms with Crippen molar-refractivity contribution >= 4 is 30.7 Å². The Morgan fingerprint density at radius 2 is 1.75 bits per heavy atom. The van der Waals surface area contributed by atoms with Crippen LogP contribution in [-0.2, 0) is 11.2 Å². The highest BCUT2D eigenvalue weighted by atomic mass is 35.5. The molecule has 0 radical (unpaired) electrons. The van der Waals surface area contributed by atoms with Crippen LogP contribution < -0.4 is 10.6 Å². The second-order valence-corrected chi connectivity index (χ2v) is 8.19. The summed E-state index contributed by atoms with van der Waals surface area (Å²) in [5, 5.41) is 6.71. The summed E-state index contributed by atoms with van der Waals surface area (Å²) in [6.07, 6.45) is 6.41. The van der Waals surface area contributed by atoms with E-state index in [9.17, 15) is 4.79 Å². The van der Waals surface area contributed by atoms with Crippen molar-refractivity contribution in [3.8, 4) is 0 Å². The number of nitrogens with one attached hydrogen (secondary N) is 2. The monoisotopic (exact) mass is 429 g/mol. The molecule has 0 saturated carbocycles. The molecule has 6 heteroatoms. The SMILES string of the molecule is CC(CC(=O)NC1CCN(CCc2ccccc2)CC1)C1CCNCC1.Cl.Cl. The summed E-state index contributed by atoms with van der Waals surface area (Å²) in [5.74, 6) is 1.48. The van der Waals surface area contributed by atoms with Crippen LogP contribution in [0.25, 0.3) is 0 Å². The minimum atomic E-state index is 0. The molecule has 1 aromatic carbocycles. The summed E-state index contributed by atoms with van der Waals surface area (Å²) >= 11 is 0. The fourth-order valence-electron chi connectivity index (χ4n) is 4.39. The van der Waals surface area contributed by atoms with Gasteiger partial charge in [-0.1, -0.05) is 37.3 Å². The van der Waals surface area contributed by atoms with Crippen molar-refractivity contribution in [2.75, 3.05) is 32.7 Å². The predicted octanol–water partition coefficient (Wildman–Crippen LogP) is 3.68. The van der Waals surface area contributed by atoms with E-state index in [-0.39, 0.29) is 30.7 Å². The Labute approximate surface area is 183 Å². The number of piperidine rings is 2. The highest BCUT2D eigenvalue weighted by Gasteiger charge is 2.24. The van der Waals surface area contributed by atoms with Crippen LogP contribution in [-0.4, -0.2) is 49.6 Å². The van der Waals surface area contributed by atoms with Gasteiger partial charge in [0.25, 0.3) is 0 Å². The topological polar surface area (TPSA) is 44.4 Å². The third-order valence-electron chi connectivity index (χ3n) is 6.21. The van der Waals surface area contributed by atoms with Gasteiger partial charge in [0.1, 0.15) is 0 Å². The average Bonchev–Trinajstić information content (AvgIpc) is 2.69. The molecule has 2 fully saturated rings. The van der Waals surface area contributed by atoms with Gasteiger partial charge in [0.05, 0.1) is 0 Å². The summed E-state index contributed by atoms with van der Waals surface area (Å²) in [5.41, 5.74) is 1.41. The van der Waals surface area contributed by atoms with Crippen molar-refractivity contribution in [3.63, 3.8) is 0 Å². The van der Waals surface area contributed by atoms with Gasteiger partial charge in [-0.3, -0.25) is 4.79 Å². The predicted molar refractivity (Wildman–Crippen MR) is 122 cm³/mol. The number of carbonyl (C=O) groups excluding carboxylic acids is 1. The lowest BCUT2D eigenvalue weighted by molar-refractivity contribution is -0.123. The van der Waals surface area contributed by atoms with Crippen molar-refractivity contribution in [3.05, 3.63) is 35.9 Å². The molecule has 28 heavy (non-hydrogen) atoms. The molecular weight excluding hydrogens is 393 g/mol. The minimum Gasteiger partial charge on any atom is -0.353 e. The zero-order valence-corrected chi connectivity index (χ0v) is 18.7. The maximum absolute atomic E-state index is 12.4. The van der Waals surface area contributed by atoms with E-state index in [1.807, 2.05) is 0 Å². The molecule has 160 valence electrons. The second kappa shape index (κ2) is 13.4. The fourth-order valence-corrected chi connectivity index (χ4v) is 4.39. The molecule has 0 aliphatic carbocycles. The van der Waals surface area contributed by atoms with Crippen LogP contribution in [0.1, 0.15) is 44.6 Å². The van der Waals surface area contributed by atoms with Gasteiger partial charge in [-0.15, -0.1) is 24.8 Å². The number of benzene rings is 1. The molecule has 0 aromatic heterocycles. The van der Waals surface area contributed by atoms with Gasteiger partial charge in [0, 0.05) is 32.1 Å².